The van der Waals surface area contributed by atoms with E-state index in [4.69, 9.17) is 4.52 Å². The van der Waals surface area contributed by atoms with Crippen LogP contribution in [0.3, 0.4) is 0 Å². The summed E-state index contributed by atoms with van der Waals surface area (Å²) in [4.78, 5) is 4.32. The molecule has 3 rings (SSSR count). The van der Waals surface area contributed by atoms with Gasteiger partial charge < -0.3 is 4.52 Å². The molecule has 24 heavy (non-hydrogen) atoms. The Balaban J connectivity index is 2.03. The van der Waals surface area contributed by atoms with Crippen molar-refractivity contribution in [3.8, 4) is 11.4 Å². The van der Waals surface area contributed by atoms with Crippen molar-refractivity contribution < 1.29 is 12.9 Å². The van der Waals surface area contributed by atoms with Crippen molar-refractivity contribution >= 4 is 15.7 Å². The lowest BCUT2D eigenvalue weighted by Gasteiger charge is -2.13. The molecule has 2 aromatic carbocycles. The van der Waals surface area contributed by atoms with Gasteiger partial charge in [0.15, 0.2) is 0 Å². The lowest BCUT2D eigenvalue weighted by atomic mass is 10.1. The third kappa shape index (κ3) is 3.16. The van der Waals surface area contributed by atoms with Crippen LogP contribution in [0.25, 0.3) is 11.4 Å². The minimum Gasteiger partial charge on any atom is -0.339 e. The first-order valence-electron chi connectivity index (χ1n) is 7.36. The van der Waals surface area contributed by atoms with Gasteiger partial charge in [0.2, 0.25) is 11.7 Å². The lowest BCUT2D eigenvalue weighted by Crippen LogP contribution is -2.15. The van der Waals surface area contributed by atoms with Crippen LogP contribution in [0.4, 0.5) is 5.69 Å². The van der Waals surface area contributed by atoms with Gasteiger partial charge >= 0.3 is 0 Å². The van der Waals surface area contributed by atoms with Gasteiger partial charge in [-0.3, -0.25) is 4.72 Å². The van der Waals surface area contributed by atoms with Gasteiger partial charge in [-0.1, -0.05) is 35.5 Å². The molecule has 0 fully saturated rings. The second kappa shape index (κ2) is 6.09. The number of hydrogen-bond acceptors (Lipinski definition) is 5. The molecule has 0 aliphatic carbocycles. The summed E-state index contributed by atoms with van der Waals surface area (Å²) in [5, 5.41) is 3.84. The van der Waals surface area contributed by atoms with Crippen LogP contribution in [-0.4, -0.2) is 18.6 Å². The summed E-state index contributed by atoms with van der Waals surface area (Å²) in [6, 6.07) is 12.3. The molecular formula is C17H17N3O3S. The van der Waals surface area contributed by atoms with E-state index in [1.165, 1.54) is 0 Å². The molecule has 3 aromatic rings. The van der Waals surface area contributed by atoms with Crippen LogP contribution in [0, 0.1) is 20.8 Å². The highest BCUT2D eigenvalue weighted by molar-refractivity contribution is 7.92. The number of nitrogens with one attached hydrogen (secondary N) is 1. The maximum absolute atomic E-state index is 12.8. The van der Waals surface area contributed by atoms with E-state index in [-0.39, 0.29) is 4.90 Å². The summed E-state index contributed by atoms with van der Waals surface area (Å²) in [6.07, 6.45) is 0. The standard InChI is InChI=1S/C17H17N3O3S/c1-11-6-4-5-7-15(11)20-24(21,22)16-10-14(9-8-12(16)2)17-18-13(3)23-19-17/h4-10,20H,1-3H3. The summed E-state index contributed by atoms with van der Waals surface area (Å²) in [5.41, 5.74) is 2.63. The van der Waals surface area contributed by atoms with Crippen molar-refractivity contribution in [2.45, 2.75) is 25.7 Å². The molecule has 6 nitrogen and oxygen atoms in total. The van der Waals surface area contributed by atoms with E-state index in [1.807, 2.05) is 19.1 Å². The first-order chi connectivity index (χ1) is 11.4. The van der Waals surface area contributed by atoms with Gasteiger partial charge in [-0.2, -0.15) is 4.98 Å². The number of benzene rings is 2. The van der Waals surface area contributed by atoms with Crippen LogP contribution in [0.15, 0.2) is 51.9 Å². The minimum atomic E-state index is -3.73. The number of aryl methyl sites for hydroxylation is 3. The normalized spacial score (nSPS) is 11.5. The van der Waals surface area contributed by atoms with Crippen molar-refractivity contribution in [2.75, 3.05) is 4.72 Å². The number of aromatic nitrogens is 2. The Labute approximate surface area is 140 Å². The van der Waals surface area contributed by atoms with Crippen molar-refractivity contribution in [3.63, 3.8) is 0 Å². The van der Waals surface area contributed by atoms with E-state index in [0.717, 1.165) is 5.56 Å². The Morgan fingerprint density at radius 3 is 2.42 bits per heavy atom. The number of sulfonamides is 1. The number of hydrogen-bond donors (Lipinski definition) is 1. The molecule has 0 bridgehead atoms. The minimum absolute atomic E-state index is 0.186. The number of anilines is 1. The zero-order valence-electron chi connectivity index (χ0n) is 13.6. The Morgan fingerprint density at radius 2 is 1.75 bits per heavy atom. The van der Waals surface area contributed by atoms with Crippen LogP contribution in [0.2, 0.25) is 0 Å². The van der Waals surface area contributed by atoms with E-state index >= 15 is 0 Å². The van der Waals surface area contributed by atoms with Crippen molar-refractivity contribution in [1.29, 1.82) is 0 Å². The van der Waals surface area contributed by atoms with E-state index in [9.17, 15) is 8.42 Å². The Kier molecular flexibility index (Phi) is 4.11. The van der Waals surface area contributed by atoms with E-state index in [1.54, 1.807) is 44.2 Å². The summed E-state index contributed by atoms with van der Waals surface area (Å²) in [7, 11) is -3.73. The quantitative estimate of drug-likeness (QED) is 0.784. The Hall–Kier alpha value is -2.67. The SMILES string of the molecule is Cc1nc(-c2ccc(C)c(S(=O)(=O)Nc3ccccc3C)c2)no1. The van der Waals surface area contributed by atoms with E-state index in [2.05, 4.69) is 14.9 Å². The van der Waals surface area contributed by atoms with Gasteiger partial charge in [0.1, 0.15) is 0 Å². The molecule has 0 aliphatic heterocycles. The molecule has 0 radical (unpaired) electrons. The second-order valence-corrected chi connectivity index (χ2v) is 7.19. The predicted octanol–water partition coefficient (Wildman–Crippen LogP) is 3.46. The molecule has 0 atom stereocenters. The monoisotopic (exact) mass is 343 g/mol. The molecule has 0 aliphatic rings. The van der Waals surface area contributed by atoms with Gasteiger partial charge in [-0.05, 0) is 37.1 Å². The van der Waals surface area contributed by atoms with Crippen molar-refractivity contribution in [2.24, 2.45) is 0 Å². The lowest BCUT2D eigenvalue weighted by molar-refractivity contribution is 0.394. The molecule has 0 amide bonds. The van der Waals surface area contributed by atoms with E-state index in [0.29, 0.717) is 28.5 Å². The number of nitrogens with zero attached hydrogens (tertiary/aromatic N) is 2. The molecule has 0 saturated carbocycles. The van der Waals surface area contributed by atoms with Crippen LogP contribution in [0.5, 0.6) is 0 Å². The van der Waals surface area contributed by atoms with Crippen LogP contribution in [0.1, 0.15) is 17.0 Å². The fourth-order valence-electron chi connectivity index (χ4n) is 2.33. The summed E-state index contributed by atoms with van der Waals surface area (Å²) >= 11 is 0. The molecule has 7 heteroatoms. The molecule has 1 aromatic heterocycles. The first-order valence-corrected chi connectivity index (χ1v) is 8.85. The van der Waals surface area contributed by atoms with Crippen LogP contribution < -0.4 is 4.72 Å². The Bertz CT molecular complexity index is 994. The molecule has 1 N–H and O–H groups in total. The van der Waals surface area contributed by atoms with Gasteiger partial charge in [0.05, 0.1) is 10.6 Å². The van der Waals surface area contributed by atoms with Gasteiger partial charge in [0, 0.05) is 12.5 Å². The summed E-state index contributed by atoms with van der Waals surface area (Å²) < 4.78 is 33.2. The molecule has 0 saturated heterocycles. The van der Waals surface area contributed by atoms with Crippen LogP contribution >= 0.6 is 0 Å². The smallest absolute Gasteiger partial charge is 0.262 e. The van der Waals surface area contributed by atoms with Gasteiger partial charge in [0.25, 0.3) is 10.0 Å². The average molecular weight is 343 g/mol. The average Bonchev–Trinajstić information content (AvgIpc) is 2.96. The number of para-hydroxylation sites is 1. The molecule has 0 spiro atoms. The van der Waals surface area contributed by atoms with Crippen molar-refractivity contribution in [1.82, 2.24) is 10.1 Å². The largest absolute Gasteiger partial charge is 0.339 e. The Morgan fingerprint density at radius 1 is 1.00 bits per heavy atom. The summed E-state index contributed by atoms with van der Waals surface area (Å²) in [6.45, 7) is 5.28. The maximum Gasteiger partial charge on any atom is 0.262 e. The maximum atomic E-state index is 12.8. The highest BCUT2D eigenvalue weighted by Gasteiger charge is 2.19. The number of rotatable bonds is 4. The fraction of sp³-hybridized carbons (Fsp3) is 0.176. The predicted molar refractivity (Wildman–Crippen MR) is 91.2 cm³/mol. The second-order valence-electron chi connectivity index (χ2n) is 5.54. The van der Waals surface area contributed by atoms with Crippen molar-refractivity contribution in [3.05, 3.63) is 59.5 Å². The van der Waals surface area contributed by atoms with E-state index < -0.39 is 10.0 Å². The molecule has 124 valence electrons. The first kappa shape index (κ1) is 16.2. The molecular weight excluding hydrogens is 326 g/mol. The molecule has 0 unspecified atom stereocenters. The highest BCUT2D eigenvalue weighted by Crippen LogP contribution is 2.26. The van der Waals surface area contributed by atoms with Gasteiger partial charge in [-0.15, -0.1) is 0 Å². The fourth-order valence-corrected chi connectivity index (χ4v) is 3.73. The summed E-state index contributed by atoms with van der Waals surface area (Å²) in [5.74, 6) is 0.785. The highest BCUT2D eigenvalue weighted by atomic mass is 32.2. The topological polar surface area (TPSA) is 85.1 Å². The zero-order valence-corrected chi connectivity index (χ0v) is 14.4. The molecule has 1 heterocycles. The van der Waals surface area contributed by atoms with Gasteiger partial charge in [-0.25, -0.2) is 8.42 Å². The third-order valence-electron chi connectivity index (χ3n) is 3.65. The third-order valence-corrected chi connectivity index (χ3v) is 5.16. The van der Waals surface area contributed by atoms with Crippen LogP contribution in [-0.2, 0) is 10.0 Å². The zero-order chi connectivity index (χ0) is 17.3.